The van der Waals surface area contributed by atoms with E-state index in [9.17, 15) is 9.59 Å². The lowest BCUT2D eigenvalue weighted by Crippen LogP contribution is -2.39. The maximum atomic E-state index is 13.0. The Labute approximate surface area is 176 Å². The van der Waals surface area contributed by atoms with Gasteiger partial charge in [0.15, 0.2) is 0 Å². The van der Waals surface area contributed by atoms with Gasteiger partial charge in [-0.2, -0.15) is 0 Å². The van der Waals surface area contributed by atoms with Crippen LogP contribution >= 0.6 is 0 Å². The number of carbonyl (C=O) groups excluding carboxylic acids is 1. The first-order valence-corrected chi connectivity index (χ1v) is 10.4. The van der Waals surface area contributed by atoms with E-state index in [2.05, 4.69) is 10.2 Å². The molecule has 0 spiro atoms. The quantitative estimate of drug-likeness (QED) is 0.685. The number of aryl methyl sites for hydroxylation is 1. The van der Waals surface area contributed by atoms with Crippen molar-refractivity contribution in [1.29, 1.82) is 0 Å². The molecule has 1 amide bonds. The summed E-state index contributed by atoms with van der Waals surface area (Å²) in [6.07, 6.45) is 2.13. The first kappa shape index (κ1) is 20.3. The van der Waals surface area contributed by atoms with Crippen molar-refractivity contribution in [3.63, 3.8) is 0 Å². The highest BCUT2D eigenvalue weighted by molar-refractivity contribution is 6.02. The lowest BCUT2D eigenvalue weighted by molar-refractivity contribution is -0.115. The van der Waals surface area contributed by atoms with Crippen LogP contribution in [-0.2, 0) is 22.5 Å². The number of benzene rings is 2. The monoisotopic (exact) mass is 405 g/mol. The highest BCUT2D eigenvalue weighted by Crippen LogP contribution is 2.21. The number of fused-ring (bicyclic) bond motifs is 1. The van der Waals surface area contributed by atoms with Crippen molar-refractivity contribution in [3.8, 4) is 0 Å². The van der Waals surface area contributed by atoms with Gasteiger partial charge in [0, 0.05) is 48.8 Å². The minimum Gasteiger partial charge on any atom is -0.379 e. The van der Waals surface area contributed by atoms with Crippen LogP contribution in [0, 0.1) is 6.92 Å². The summed E-state index contributed by atoms with van der Waals surface area (Å²) < 4.78 is 7.12. The zero-order chi connectivity index (χ0) is 20.9. The number of anilines is 1. The smallest absolute Gasteiger partial charge is 0.258 e. The van der Waals surface area contributed by atoms with Crippen LogP contribution in [-0.4, -0.2) is 48.2 Å². The molecule has 4 rings (SSSR count). The van der Waals surface area contributed by atoms with E-state index in [1.54, 1.807) is 4.57 Å². The standard InChI is InChI=1S/C24H27N3O3/c1-18-5-2-3-6-19(18)17-23(28)25-22-8-4-7-21-20(22)9-10-27(24(21)29)12-11-26-13-15-30-16-14-26/h2-10H,11-17H2,1H3,(H,25,28). The van der Waals surface area contributed by atoms with E-state index in [1.165, 1.54) is 0 Å². The molecule has 0 atom stereocenters. The van der Waals surface area contributed by atoms with Gasteiger partial charge in [-0.15, -0.1) is 0 Å². The lowest BCUT2D eigenvalue weighted by Gasteiger charge is -2.26. The number of hydrogen-bond acceptors (Lipinski definition) is 4. The summed E-state index contributed by atoms with van der Waals surface area (Å²) in [5.41, 5.74) is 2.73. The molecule has 2 aromatic carbocycles. The van der Waals surface area contributed by atoms with E-state index in [1.807, 2.05) is 61.7 Å². The summed E-state index contributed by atoms with van der Waals surface area (Å²) in [6.45, 7) is 6.76. The third-order valence-electron chi connectivity index (χ3n) is 5.67. The summed E-state index contributed by atoms with van der Waals surface area (Å²) in [5, 5.41) is 4.37. The molecule has 156 valence electrons. The Morgan fingerprint density at radius 1 is 1.00 bits per heavy atom. The summed E-state index contributed by atoms with van der Waals surface area (Å²) in [7, 11) is 0. The predicted octanol–water partition coefficient (Wildman–Crippen LogP) is 2.82. The van der Waals surface area contributed by atoms with Crippen molar-refractivity contribution in [2.45, 2.75) is 19.9 Å². The second-order valence-corrected chi connectivity index (χ2v) is 7.69. The van der Waals surface area contributed by atoms with Crippen LogP contribution in [0.15, 0.2) is 59.5 Å². The molecule has 6 nitrogen and oxygen atoms in total. The van der Waals surface area contributed by atoms with Gasteiger partial charge in [-0.05, 0) is 36.2 Å². The highest BCUT2D eigenvalue weighted by Gasteiger charge is 2.13. The predicted molar refractivity (Wildman–Crippen MR) is 119 cm³/mol. The van der Waals surface area contributed by atoms with Gasteiger partial charge in [0.1, 0.15) is 0 Å². The number of nitrogens with zero attached hydrogens (tertiary/aromatic N) is 2. The van der Waals surface area contributed by atoms with Crippen LogP contribution < -0.4 is 10.9 Å². The first-order chi connectivity index (χ1) is 14.6. The van der Waals surface area contributed by atoms with E-state index in [-0.39, 0.29) is 11.5 Å². The SMILES string of the molecule is Cc1ccccc1CC(=O)Nc1cccc2c(=O)n(CCN3CCOCC3)ccc12. The van der Waals surface area contributed by atoms with Crippen LogP contribution in [0.4, 0.5) is 5.69 Å². The van der Waals surface area contributed by atoms with Gasteiger partial charge in [0.25, 0.3) is 5.56 Å². The van der Waals surface area contributed by atoms with Crippen molar-refractivity contribution < 1.29 is 9.53 Å². The molecule has 0 unspecified atom stereocenters. The minimum atomic E-state index is -0.0895. The summed E-state index contributed by atoms with van der Waals surface area (Å²) in [6, 6.07) is 15.3. The van der Waals surface area contributed by atoms with Gasteiger partial charge in [-0.1, -0.05) is 30.3 Å². The van der Waals surface area contributed by atoms with Gasteiger partial charge in [0.05, 0.1) is 19.6 Å². The number of carbonyl (C=O) groups is 1. The third-order valence-corrected chi connectivity index (χ3v) is 5.67. The van der Waals surface area contributed by atoms with Crippen molar-refractivity contribution in [2.24, 2.45) is 0 Å². The van der Waals surface area contributed by atoms with Gasteiger partial charge in [-0.3, -0.25) is 14.5 Å². The van der Waals surface area contributed by atoms with Crippen molar-refractivity contribution in [2.75, 3.05) is 38.2 Å². The number of nitrogens with one attached hydrogen (secondary N) is 1. The molecule has 30 heavy (non-hydrogen) atoms. The molecule has 1 saturated heterocycles. The topological polar surface area (TPSA) is 63.6 Å². The number of ether oxygens (including phenoxy) is 1. The molecule has 0 aliphatic carbocycles. The van der Waals surface area contributed by atoms with Crippen LogP contribution in [0.5, 0.6) is 0 Å². The Kier molecular flexibility index (Phi) is 6.26. The molecular formula is C24H27N3O3. The molecule has 3 aromatic rings. The molecule has 1 aliphatic rings. The van der Waals surface area contributed by atoms with Crippen LogP contribution in [0.1, 0.15) is 11.1 Å². The Balaban J connectivity index is 1.50. The molecule has 6 heteroatoms. The second kappa shape index (κ2) is 9.24. The van der Waals surface area contributed by atoms with Crippen LogP contribution in [0.2, 0.25) is 0 Å². The zero-order valence-corrected chi connectivity index (χ0v) is 17.3. The van der Waals surface area contributed by atoms with E-state index >= 15 is 0 Å². The minimum absolute atomic E-state index is 0.0317. The van der Waals surface area contributed by atoms with E-state index in [0.717, 1.165) is 49.4 Å². The highest BCUT2D eigenvalue weighted by atomic mass is 16.5. The number of rotatable bonds is 6. The molecule has 0 radical (unpaired) electrons. The molecule has 0 saturated carbocycles. The molecule has 1 N–H and O–H groups in total. The average Bonchev–Trinajstić information content (AvgIpc) is 2.76. The summed E-state index contributed by atoms with van der Waals surface area (Å²) in [4.78, 5) is 27.9. The molecule has 0 bridgehead atoms. The van der Waals surface area contributed by atoms with Crippen LogP contribution in [0.25, 0.3) is 10.8 Å². The Morgan fingerprint density at radius 2 is 1.80 bits per heavy atom. The maximum absolute atomic E-state index is 13.0. The number of morpholine rings is 1. The molecule has 1 fully saturated rings. The third kappa shape index (κ3) is 4.61. The average molecular weight is 405 g/mol. The number of pyridine rings is 1. The van der Waals surface area contributed by atoms with E-state index in [0.29, 0.717) is 24.0 Å². The Morgan fingerprint density at radius 3 is 2.60 bits per heavy atom. The molecule has 1 aliphatic heterocycles. The number of hydrogen-bond donors (Lipinski definition) is 1. The van der Waals surface area contributed by atoms with E-state index < -0.39 is 0 Å². The molecule has 2 heterocycles. The van der Waals surface area contributed by atoms with Gasteiger partial charge >= 0.3 is 0 Å². The maximum Gasteiger partial charge on any atom is 0.258 e. The first-order valence-electron chi connectivity index (χ1n) is 10.4. The van der Waals surface area contributed by atoms with Crippen molar-refractivity contribution >= 4 is 22.4 Å². The van der Waals surface area contributed by atoms with Gasteiger partial charge in [0.2, 0.25) is 5.91 Å². The zero-order valence-electron chi connectivity index (χ0n) is 17.3. The fourth-order valence-corrected chi connectivity index (χ4v) is 3.85. The normalized spacial score (nSPS) is 14.7. The second-order valence-electron chi connectivity index (χ2n) is 7.69. The van der Waals surface area contributed by atoms with Crippen molar-refractivity contribution in [3.05, 3.63) is 76.2 Å². The van der Waals surface area contributed by atoms with Crippen LogP contribution in [0.3, 0.4) is 0 Å². The summed E-state index contributed by atoms with van der Waals surface area (Å²) >= 11 is 0. The summed E-state index contributed by atoms with van der Waals surface area (Å²) in [5.74, 6) is -0.0895. The molecule has 1 aromatic heterocycles. The molecular weight excluding hydrogens is 378 g/mol. The van der Waals surface area contributed by atoms with Gasteiger partial charge in [-0.25, -0.2) is 0 Å². The van der Waals surface area contributed by atoms with Crippen molar-refractivity contribution in [1.82, 2.24) is 9.47 Å². The fraction of sp³-hybridized carbons (Fsp3) is 0.333. The fourth-order valence-electron chi connectivity index (χ4n) is 3.85. The number of aromatic nitrogens is 1. The Hall–Kier alpha value is -2.96. The largest absolute Gasteiger partial charge is 0.379 e. The van der Waals surface area contributed by atoms with E-state index in [4.69, 9.17) is 4.74 Å². The number of amides is 1. The van der Waals surface area contributed by atoms with Gasteiger partial charge < -0.3 is 14.6 Å². The Bertz CT molecular complexity index is 1100. The lowest BCUT2D eigenvalue weighted by atomic mass is 10.1.